The van der Waals surface area contributed by atoms with Gasteiger partial charge in [0.05, 0.1) is 11.3 Å². The number of fused-ring (bicyclic) bond motifs is 1. The fourth-order valence-corrected chi connectivity index (χ4v) is 3.08. The molecular weight excluding hydrogens is 324 g/mol. The Morgan fingerprint density at radius 3 is 2.96 bits per heavy atom. The number of carbonyl (C=O) groups is 1. The Balaban J connectivity index is 1.60. The lowest BCUT2D eigenvalue weighted by atomic mass is 10.1. The summed E-state index contributed by atoms with van der Waals surface area (Å²) in [6, 6.07) is 10.3. The Morgan fingerprint density at radius 2 is 2.17 bits per heavy atom. The summed E-state index contributed by atoms with van der Waals surface area (Å²) in [7, 11) is 0. The number of pyridine rings is 1. The molecule has 24 heavy (non-hydrogen) atoms. The minimum Gasteiger partial charge on any atom is -0.328 e. The third-order valence-corrected chi connectivity index (χ3v) is 4.33. The molecule has 0 bridgehead atoms. The molecule has 1 amide bonds. The Labute approximate surface area is 140 Å². The van der Waals surface area contributed by atoms with Crippen LogP contribution in [0.5, 0.6) is 0 Å². The third-order valence-electron chi connectivity index (χ3n) is 3.56. The molecule has 0 aliphatic rings. The van der Waals surface area contributed by atoms with Crippen LogP contribution < -0.4 is 10.9 Å². The molecule has 7 heteroatoms. The van der Waals surface area contributed by atoms with Crippen LogP contribution in [-0.4, -0.2) is 20.3 Å². The topological polar surface area (TPSA) is 79.3 Å². The van der Waals surface area contributed by atoms with Gasteiger partial charge in [-0.2, -0.15) is 0 Å². The van der Waals surface area contributed by atoms with Gasteiger partial charge in [0.2, 0.25) is 5.56 Å². The molecule has 0 saturated heterocycles. The zero-order valence-electron chi connectivity index (χ0n) is 12.4. The minimum atomic E-state index is -0.283. The first-order chi connectivity index (χ1) is 11.7. The molecule has 3 heterocycles. The van der Waals surface area contributed by atoms with Crippen LogP contribution in [0.15, 0.2) is 65.2 Å². The van der Waals surface area contributed by atoms with Gasteiger partial charge in [-0.15, -0.1) is 11.3 Å². The Kier molecular flexibility index (Phi) is 3.47. The van der Waals surface area contributed by atoms with E-state index in [2.05, 4.69) is 15.3 Å². The van der Waals surface area contributed by atoms with Crippen molar-refractivity contribution in [2.45, 2.75) is 0 Å². The smallest absolute Gasteiger partial charge is 0.257 e. The summed E-state index contributed by atoms with van der Waals surface area (Å²) in [5.41, 5.74) is 2.59. The van der Waals surface area contributed by atoms with Crippen molar-refractivity contribution < 1.29 is 4.79 Å². The summed E-state index contributed by atoms with van der Waals surface area (Å²) < 4.78 is 1.96. The van der Waals surface area contributed by atoms with Crippen molar-refractivity contribution >= 4 is 27.9 Å². The van der Waals surface area contributed by atoms with E-state index in [1.54, 1.807) is 11.3 Å². The lowest BCUT2D eigenvalue weighted by Gasteiger charge is -2.06. The Hall–Kier alpha value is -3.19. The van der Waals surface area contributed by atoms with Crippen LogP contribution in [0.3, 0.4) is 0 Å². The van der Waals surface area contributed by atoms with E-state index in [-0.39, 0.29) is 11.5 Å². The highest BCUT2D eigenvalue weighted by molar-refractivity contribution is 7.15. The number of H-pyrrole nitrogens is 1. The molecule has 0 aliphatic carbocycles. The second-order valence-corrected chi connectivity index (χ2v) is 6.07. The molecule has 0 unspecified atom stereocenters. The van der Waals surface area contributed by atoms with Crippen molar-refractivity contribution in [3.05, 3.63) is 76.3 Å². The van der Waals surface area contributed by atoms with Gasteiger partial charge in [-0.1, -0.05) is 12.1 Å². The molecule has 2 N–H and O–H groups in total. The normalized spacial score (nSPS) is 10.8. The number of aromatic nitrogens is 3. The predicted molar refractivity (Wildman–Crippen MR) is 93.5 cm³/mol. The number of hydrogen-bond donors (Lipinski definition) is 2. The molecule has 118 valence electrons. The number of rotatable bonds is 3. The molecule has 4 aromatic rings. The molecule has 4 rings (SSSR count). The summed E-state index contributed by atoms with van der Waals surface area (Å²) in [6.45, 7) is 0. The fourth-order valence-electron chi connectivity index (χ4n) is 2.38. The number of hydrogen-bond acceptors (Lipinski definition) is 4. The number of thiazole rings is 1. The van der Waals surface area contributed by atoms with Gasteiger partial charge in [-0.3, -0.25) is 14.0 Å². The number of benzene rings is 1. The van der Waals surface area contributed by atoms with Crippen LogP contribution in [0.4, 0.5) is 5.69 Å². The van der Waals surface area contributed by atoms with Gasteiger partial charge in [0.15, 0.2) is 4.96 Å². The lowest BCUT2D eigenvalue weighted by Crippen LogP contribution is -2.14. The Morgan fingerprint density at radius 1 is 1.25 bits per heavy atom. The summed E-state index contributed by atoms with van der Waals surface area (Å²) >= 11 is 1.57. The first-order valence-corrected chi connectivity index (χ1v) is 8.10. The number of anilines is 1. The van der Waals surface area contributed by atoms with Crippen molar-refractivity contribution in [2.75, 3.05) is 5.32 Å². The first-order valence-electron chi connectivity index (χ1n) is 7.22. The summed E-state index contributed by atoms with van der Waals surface area (Å²) in [5.74, 6) is -0.283. The minimum absolute atomic E-state index is 0.242. The van der Waals surface area contributed by atoms with Crippen LogP contribution in [0.1, 0.15) is 10.4 Å². The fraction of sp³-hybridized carbons (Fsp3) is 0. The molecule has 0 aliphatic heterocycles. The number of imidazole rings is 1. The highest BCUT2D eigenvalue weighted by Crippen LogP contribution is 2.24. The maximum absolute atomic E-state index is 12.2. The van der Waals surface area contributed by atoms with Crippen LogP contribution in [0.25, 0.3) is 16.2 Å². The lowest BCUT2D eigenvalue weighted by molar-refractivity contribution is 0.102. The molecular formula is C17H12N4O2S. The van der Waals surface area contributed by atoms with Gasteiger partial charge in [0.25, 0.3) is 5.91 Å². The van der Waals surface area contributed by atoms with E-state index in [0.29, 0.717) is 11.3 Å². The van der Waals surface area contributed by atoms with E-state index in [9.17, 15) is 9.59 Å². The van der Waals surface area contributed by atoms with Crippen LogP contribution in [0, 0.1) is 0 Å². The monoisotopic (exact) mass is 336 g/mol. The van der Waals surface area contributed by atoms with E-state index in [1.807, 2.05) is 46.4 Å². The highest BCUT2D eigenvalue weighted by Gasteiger charge is 2.09. The average molecular weight is 336 g/mol. The van der Waals surface area contributed by atoms with Gasteiger partial charge < -0.3 is 10.3 Å². The second-order valence-electron chi connectivity index (χ2n) is 5.20. The Bertz CT molecular complexity index is 1040. The van der Waals surface area contributed by atoms with Gasteiger partial charge in [0.1, 0.15) is 0 Å². The van der Waals surface area contributed by atoms with Crippen LogP contribution in [-0.2, 0) is 0 Å². The quantitative estimate of drug-likeness (QED) is 0.603. The van der Waals surface area contributed by atoms with Crippen LogP contribution >= 0.6 is 11.3 Å². The molecule has 6 nitrogen and oxygen atoms in total. The van der Waals surface area contributed by atoms with Gasteiger partial charge in [-0.25, -0.2) is 4.98 Å². The molecule has 0 spiro atoms. The summed E-state index contributed by atoms with van der Waals surface area (Å²) in [6.07, 6.45) is 5.30. The van der Waals surface area contributed by atoms with Crippen molar-refractivity contribution in [2.24, 2.45) is 0 Å². The maximum Gasteiger partial charge on any atom is 0.257 e. The zero-order valence-corrected chi connectivity index (χ0v) is 13.2. The van der Waals surface area contributed by atoms with Crippen molar-refractivity contribution in [1.29, 1.82) is 0 Å². The largest absolute Gasteiger partial charge is 0.328 e. The van der Waals surface area contributed by atoms with E-state index in [1.165, 1.54) is 18.3 Å². The number of nitrogens with one attached hydrogen (secondary N) is 2. The van der Waals surface area contributed by atoms with Crippen molar-refractivity contribution in [3.63, 3.8) is 0 Å². The second kappa shape index (κ2) is 5.78. The van der Waals surface area contributed by atoms with E-state index >= 15 is 0 Å². The highest BCUT2D eigenvalue weighted by atomic mass is 32.1. The van der Waals surface area contributed by atoms with Gasteiger partial charge >= 0.3 is 0 Å². The summed E-state index contributed by atoms with van der Waals surface area (Å²) in [5, 5.41) is 4.80. The third kappa shape index (κ3) is 2.72. The van der Waals surface area contributed by atoms with Crippen molar-refractivity contribution in [3.8, 4) is 11.3 Å². The number of aromatic amines is 1. The molecule has 0 atom stereocenters. The first kappa shape index (κ1) is 14.4. The van der Waals surface area contributed by atoms with E-state index in [0.717, 1.165) is 16.2 Å². The average Bonchev–Trinajstić information content (AvgIpc) is 3.17. The van der Waals surface area contributed by atoms with Gasteiger partial charge in [0, 0.05) is 41.3 Å². The molecule has 1 aromatic carbocycles. The van der Waals surface area contributed by atoms with Crippen LogP contribution in [0.2, 0.25) is 0 Å². The number of nitrogens with zero attached hydrogens (tertiary/aromatic N) is 2. The number of amides is 1. The predicted octanol–water partition coefficient (Wildman–Crippen LogP) is 3.00. The van der Waals surface area contributed by atoms with E-state index < -0.39 is 0 Å². The molecule has 0 radical (unpaired) electrons. The number of carbonyl (C=O) groups excluding carboxylic acids is 1. The SMILES string of the molecule is O=C(Nc1cccc(-c2cn3ccsc3n2)c1)c1ccc(=O)[nH]c1. The zero-order chi connectivity index (χ0) is 16.5. The van der Waals surface area contributed by atoms with E-state index in [4.69, 9.17) is 0 Å². The van der Waals surface area contributed by atoms with Crippen molar-refractivity contribution in [1.82, 2.24) is 14.4 Å². The van der Waals surface area contributed by atoms with Gasteiger partial charge in [-0.05, 0) is 18.2 Å². The molecule has 3 aromatic heterocycles. The standard InChI is InChI=1S/C17H12N4O2S/c22-15-5-4-12(9-18-15)16(23)19-13-3-1-2-11(8-13)14-10-21-6-7-24-17(21)20-14/h1-10H,(H,18,22)(H,19,23). The molecule has 0 fully saturated rings. The molecule has 0 saturated carbocycles. The maximum atomic E-state index is 12.2. The summed E-state index contributed by atoms with van der Waals surface area (Å²) in [4.78, 5) is 31.3.